The third-order valence-electron chi connectivity index (χ3n) is 5.85. The third kappa shape index (κ3) is 6.80. The molecule has 3 nitrogen and oxygen atoms in total. The Balaban J connectivity index is 1.87. The molecular formula is C24H41NO2. The summed E-state index contributed by atoms with van der Waals surface area (Å²) in [6.45, 7) is 17.0. The van der Waals surface area contributed by atoms with Gasteiger partial charge in [-0.3, -0.25) is 4.90 Å². The van der Waals surface area contributed by atoms with Crippen LogP contribution in [0.3, 0.4) is 0 Å². The van der Waals surface area contributed by atoms with Crippen molar-refractivity contribution in [2.75, 3.05) is 13.2 Å². The summed E-state index contributed by atoms with van der Waals surface area (Å²) in [6.07, 6.45) is 4.42. The van der Waals surface area contributed by atoms with E-state index in [0.717, 1.165) is 12.2 Å². The number of likely N-dealkylation sites (tertiary alicyclic amines) is 1. The van der Waals surface area contributed by atoms with Gasteiger partial charge < -0.3 is 9.84 Å². The molecule has 0 radical (unpaired) electrons. The van der Waals surface area contributed by atoms with E-state index < -0.39 is 6.10 Å². The Morgan fingerprint density at radius 2 is 1.59 bits per heavy atom. The fourth-order valence-electron chi connectivity index (χ4n) is 4.75. The molecule has 1 aromatic carbocycles. The van der Waals surface area contributed by atoms with Gasteiger partial charge in [0.05, 0.1) is 0 Å². The average Bonchev–Trinajstić information content (AvgIpc) is 2.55. The minimum Gasteiger partial charge on any atom is -0.491 e. The van der Waals surface area contributed by atoms with Crippen molar-refractivity contribution in [3.8, 4) is 5.75 Å². The molecule has 1 aromatic rings. The molecule has 0 amide bonds. The topological polar surface area (TPSA) is 32.7 Å². The van der Waals surface area contributed by atoms with Gasteiger partial charge in [-0.1, -0.05) is 53.2 Å². The van der Waals surface area contributed by atoms with Crippen LogP contribution in [0.2, 0.25) is 0 Å². The van der Waals surface area contributed by atoms with Gasteiger partial charge in [0.25, 0.3) is 0 Å². The second-order valence-electron chi connectivity index (χ2n) is 10.4. The summed E-state index contributed by atoms with van der Waals surface area (Å²) in [7, 11) is 0. The van der Waals surface area contributed by atoms with Crippen LogP contribution in [0.25, 0.3) is 0 Å². The largest absolute Gasteiger partial charge is 0.491 e. The molecule has 3 heteroatoms. The van der Waals surface area contributed by atoms with Gasteiger partial charge in [-0.25, -0.2) is 0 Å². The lowest BCUT2D eigenvalue weighted by Gasteiger charge is -2.40. The van der Waals surface area contributed by atoms with Crippen molar-refractivity contribution in [2.24, 2.45) is 5.41 Å². The predicted molar refractivity (Wildman–Crippen MR) is 115 cm³/mol. The van der Waals surface area contributed by atoms with Gasteiger partial charge in [-0.05, 0) is 61.6 Å². The quantitative estimate of drug-likeness (QED) is 0.692. The Labute approximate surface area is 167 Å². The number of hydrogen-bond acceptors (Lipinski definition) is 3. The molecule has 0 spiro atoms. The predicted octanol–water partition coefficient (Wildman–Crippen LogP) is 5.40. The molecule has 1 N–H and O–H groups in total. The van der Waals surface area contributed by atoms with Crippen LogP contribution in [0.4, 0.5) is 0 Å². The standard InChI is InChI=1S/C24H41NO2/c1-18-9-8-10-19(2)25(18)15-21(26)16-27-22-13-11-20(12-14-22)24(6,7)17-23(3,4)5/h11-14,18-19,21,26H,8-10,15-17H2,1-7H3. The molecule has 3 unspecified atom stereocenters. The lowest BCUT2D eigenvalue weighted by Crippen LogP contribution is -2.48. The lowest BCUT2D eigenvalue weighted by atomic mass is 9.72. The van der Waals surface area contributed by atoms with Gasteiger partial charge in [0.15, 0.2) is 0 Å². The Bertz CT molecular complexity index is 563. The summed E-state index contributed by atoms with van der Waals surface area (Å²) in [5.74, 6) is 0.837. The van der Waals surface area contributed by atoms with Crippen LogP contribution < -0.4 is 4.74 Å². The maximum absolute atomic E-state index is 10.4. The Kier molecular flexibility index (Phi) is 7.38. The number of nitrogens with zero attached hydrogens (tertiary/aromatic N) is 1. The van der Waals surface area contributed by atoms with Gasteiger partial charge >= 0.3 is 0 Å². The van der Waals surface area contributed by atoms with Crippen molar-refractivity contribution in [1.82, 2.24) is 4.90 Å². The number of benzene rings is 1. The normalized spacial score (nSPS) is 23.3. The first-order chi connectivity index (χ1) is 12.5. The highest BCUT2D eigenvalue weighted by Gasteiger charge is 2.28. The average molecular weight is 376 g/mol. The fourth-order valence-corrected chi connectivity index (χ4v) is 4.75. The van der Waals surface area contributed by atoms with E-state index >= 15 is 0 Å². The number of hydrogen-bond donors (Lipinski definition) is 1. The summed E-state index contributed by atoms with van der Waals surface area (Å²) in [6, 6.07) is 9.52. The summed E-state index contributed by atoms with van der Waals surface area (Å²) >= 11 is 0. The van der Waals surface area contributed by atoms with Crippen LogP contribution in [0.5, 0.6) is 5.75 Å². The molecule has 1 aliphatic heterocycles. The van der Waals surface area contributed by atoms with Crippen molar-refractivity contribution in [3.63, 3.8) is 0 Å². The van der Waals surface area contributed by atoms with Crippen molar-refractivity contribution in [3.05, 3.63) is 29.8 Å². The van der Waals surface area contributed by atoms with Gasteiger partial charge in [-0.2, -0.15) is 0 Å². The van der Waals surface area contributed by atoms with Crippen LogP contribution in [0, 0.1) is 5.41 Å². The smallest absolute Gasteiger partial charge is 0.119 e. The van der Waals surface area contributed by atoms with E-state index in [9.17, 15) is 5.11 Å². The summed E-state index contributed by atoms with van der Waals surface area (Å²) < 4.78 is 5.87. The monoisotopic (exact) mass is 375 g/mol. The second kappa shape index (κ2) is 8.96. The van der Waals surface area contributed by atoms with Crippen LogP contribution in [-0.4, -0.2) is 41.3 Å². The first-order valence-corrected chi connectivity index (χ1v) is 10.6. The summed E-state index contributed by atoms with van der Waals surface area (Å²) in [5.41, 5.74) is 1.77. The highest BCUT2D eigenvalue weighted by Crippen LogP contribution is 2.36. The SMILES string of the molecule is CC1CCCC(C)N1CC(O)COc1ccc(C(C)(C)CC(C)(C)C)cc1. The molecule has 1 heterocycles. The Hall–Kier alpha value is -1.06. The first kappa shape index (κ1) is 22.2. The fraction of sp³-hybridized carbons (Fsp3) is 0.750. The third-order valence-corrected chi connectivity index (χ3v) is 5.85. The van der Waals surface area contributed by atoms with Crippen molar-refractivity contribution >= 4 is 0 Å². The van der Waals surface area contributed by atoms with E-state index in [0.29, 0.717) is 30.7 Å². The number of aliphatic hydroxyl groups excluding tert-OH is 1. The van der Waals surface area contributed by atoms with E-state index in [2.05, 4.69) is 65.5 Å². The number of piperidine rings is 1. The maximum atomic E-state index is 10.4. The zero-order chi connectivity index (χ0) is 20.2. The van der Waals surface area contributed by atoms with E-state index in [-0.39, 0.29) is 5.41 Å². The minimum atomic E-state index is -0.454. The van der Waals surface area contributed by atoms with Crippen LogP contribution in [0.1, 0.15) is 79.7 Å². The van der Waals surface area contributed by atoms with Gasteiger partial charge in [0, 0.05) is 18.6 Å². The van der Waals surface area contributed by atoms with Crippen LogP contribution >= 0.6 is 0 Å². The molecule has 1 aliphatic rings. The highest BCUT2D eigenvalue weighted by molar-refractivity contribution is 5.31. The molecule has 1 saturated heterocycles. The van der Waals surface area contributed by atoms with Gasteiger partial charge in [0.2, 0.25) is 0 Å². The van der Waals surface area contributed by atoms with Crippen molar-refractivity contribution in [2.45, 2.75) is 97.8 Å². The molecule has 3 atom stereocenters. The number of aliphatic hydroxyl groups is 1. The molecular weight excluding hydrogens is 334 g/mol. The van der Waals surface area contributed by atoms with Crippen LogP contribution in [0.15, 0.2) is 24.3 Å². The molecule has 0 bridgehead atoms. The second-order valence-corrected chi connectivity index (χ2v) is 10.4. The van der Waals surface area contributed by atoms with Crippen molar-refractivity contribution in [1.29, 1.82) is 0 Å². The lowest BCUT2D eigenvalue weighted by molar-refractivity contribution is 0.0209. The molecule has 154 valence electrons. The molecule has 2 rings (SSSR count). The number of ether oxygens (including phenoxy) is 1. The maximum Gasteiger partial charge on any atom is 0.119 e. The van der Waals surface area contributed by atoms with Crippen molar-refractivity contribution < 1.29 is 9.84 Å². The number of rotatable bonds is 7. The van der Waals surface area contributed by atoms with Gasteiger partial charge in [0.1, 0.15) is 18.5 Å². The zero-order valence-corrected chi connectivity index (χ0v) is 18.6. The first-order valence-electron chi connectivity index (χ1n) is 10.6. The summed E-state index contributed by atoms with van der Waals surface area (Å²) in [4.78, 5) is 2.43. The number of β-amino-alcohol motifs (C(OH)–C–C–N with tert-alkyl or cyclic N) is 1. The van der Waals surface area contributed by atoms with Gasteiger partial charge in [-0.15, -0.1) is 0 Å². The van der Waals surface area contributed by atoms with Crippen LogP contribution in [-0.2, 0) is 5.41 Å². The Morgan fingerprint density at radius 1 is 1.04 bits per heavy atom. The van der Waals surface area contributed by atoms with E-state index in [1.54, 1.807) is 0 Å². The summed E-state index contributed by atoms with van der Waals surface area (Å²) in [5, 5.41) is 10.4. The molecule has 0 aliphatic carbocycles. The molecule has 0 aromatic heterocycles. The highest BCUT2D eigenvalue weighted by atomic mass is 16.5. The van der Waals surface area contributed by atoms with E-state index in [1.807, 2.05) is 12.1 Å². The zero-order valence-electron chi connectivity index (χ0n) is 18.6. The molecule has 1 fully saturated rings. The van der Waals surface area contributed by atoms with E-state index in [1.165, 1.54) is 24.8 Å². The minimum absolute atomic E-state index is 0.136. The Morgan fingerprint density at radius 3 is 2.11 bits per heavy atom. The molecule has 27 heavy (non-hydrogen) atoms. The van der Waals surface area contributed by atoms with E-state index in [4.69, 9.17) is 4.74 Å². The molecule has 0 saturated carbocycles.